The van der Waals surface area contributed by atoms with Crippen LogP contribution in [0.25, 0.3) is 0 Å². The summed E-state index contributed by atoms with van der Waals surface area (Å²) in [6.45, 7) is 6.42. The Labute approximate surface area is 162 Å². The molecule has 0 N–H and O–H groups in total. The van der Waals surface area contributed by atoms with Crippen molar-refractivity contribution in [3.63, 3.8) is 0 Å². The molecule has 1 atom stereocenters. The molecule has 3 aliphatic rings. The highest BCUT2D eigenvalue weighted by Gasteiger charge is 2.46. The van der Waals surface area contributed by atoms with Gasteiger partial charge in [-0.1, -0.05) is 19.3 Å². The van der Waals surface area contributed by atoms with E-state index in [9.17, 15) is 4.79 Å². The minimum absolute atomic E-state index is 0.160. The van der Waals surface area contributed by atoms with Gasteiger partial charge in [-0.2, -0.15) is 0 Å². The fourth-order valence-electron chi connectivity index (χ4n) is 5.41. The Hall–Kier alpha value is -0.940. The lowest BCUT2D eigenvalue weighted by molar-refractivity contribution is -0.132. The molecule has 1 aromatic rings. The quantitative estimate of drug-likeness (QED) is 0.784. The second-order valence-electron chi connectivity index (χ2n) is 8.71. The normalized spacial score (nSPS) is 28.8. The maximum absolute atomic E-state index is 12.7. The Morgan fingerprint density at radius 3 is 2.77 bits per heavy atom. The van der Waals surface area contributed by atoms with Gasteiger partial charge < -0.3 is 4.90 Å². The number of nitrogens with zero attached hydrogens (tertiary/aromatic N) is 3. The molecule has 0 unspecified atom stereocenters. The van der Waals surface area contributed by atoms with E-state index in [-0.39, 0.29) is 5.54 Å². The van der Waals surface area contributed by atoms with Crippen LogP contribution in [0.3, 0.4) is 0 Å². The summed E-state index contributed by atoms with van der Waals surface area (Å²) in [7, 11) is 0. The van der Waals surface area contributed by atoms with Gasteiger partial charge >= 0.3 is 0 Å². The summed E-state index contributed by atoms with van der Waals surface area (Å²) >= 11 is 1.82. The molecule has 3 fully saturated rings. The van der Waals surface area contributed by atoms with Crippen LogP contribution in [0, 0.1) is 12.8 Å². The lowest BCUT2D eigenvalue weighted by Crippen LogP contribution is -2.48. The molecule has 1 aromatic heterocycles. The Morgan fingerprint density at radius 2 is 2.00 bits per heavy atom. The van der Waals surface area contributed by atoms with Gasteiger partial charge in [0, 0.05) is 42.7 Å². The molecule has 2 saturated heterocycles. The lowest BCUT2D eigenvalue weighted by Gasteiger charge is -2.41. The molecular weight excluding hydrogens is 342 g/mol. The number of likely N-dealkylation sites (tertiary alicyclic amines) is 2. The average molecular weight is 376 g/mol. The van der Waals surface area contributed by atoms with Crippen LogP contribution in [0.15, 0.2) is 6.20 Å². The summed E-state index contributed by atoms with van der Waals surface area (Å²) in [6.07, 6.45) is 14.2. The van der Waals surface area contributed by atoms with Crippen LogP contribution in [0.5, 0.6) is 0 Å². The number of aryl methyl sites for hydroxylation is 1. The van der Waals surface area contributed by atoms with Crippen LogP contribution < -0.4 is 0 Å². The average Bonchev–Trinajstić information content (AvgIpc) is 3.10. The summed E-state index contributed by atoms with van der Waals surface area (Å²) < 4.78 is 0. The van der Waals surface area contributed by atoms with Crippen molar-refractivity contribution in [2.75, 3.05) is 19.6 Å². The first kappa shape index (κ1) is 18.4. The monoisotopic (exact) mass is 375 g/mol. The zero-order valence-corrected chi connectivity index (χ0v) is 17.0. The number of hydrogen-bond donors (Lipinski definition) is 0. The third kappa shape index (κ3) is 3.99. The predicted octanol–water partition coefficient (Wildman–Crippen LogP) is 4.38. The van der Waals surface area contributed by atoms with Crippen molar-refractivity contribution < 1.29 is 4.79 Å². The number of carbonyl (C=O) groups is 1. The Kier molecular flexibility index (Phi) is 5.65. The van der Waals surface area contributed by atoms with Gasteiger partial charge in [0.1, 0.15) is 0 Å². The summed E-state index contributed by atoms with van der Waals surface area (Å²) in [5.41, 5.74) is 0.160. The maximum atomic E-state index is 12.7. The van der Waals surface area contributed by atoms with E-state index in [0.29, 0.717) is 5.91 Å². The summed E-state index contributed by atoms with van der Waals surface area (Å²) in [5.74, 6) is 1.18. The van der Waals surface area contributed by atoms with E-state index in [1.165, 1.54) is 49.8 Å². The van der Waals surface area contributed by atoms with E-state index in [0.717, 1.165) is 56.4 Å². The first-order valence-corrected chi connectivity index (χ1v) is 11.4. The molecular formula is C21H33N3OS. The van der Waals surface area contributed by atoms with E-state index in [2.05, 4.69) is 21.7 Å². The predicted molar refractivity (Wildman–Crippen MR) is 106 cm³/mol. The zero-order valence-electron chi connectivity index (χ0n) is 16.2. The molecule has 1 saturated carbocycles. The van der Waals surface area contributed by atoms with Gasteiger partial charge in [-0.05, 0) is 57.9 Å². The van der Waals surface area contributed by atoms with Gasteiger partial charge in [0.25, 0.3) is 0 Å². The van der Waals surface area contributed by atoms with Gasteiger partial charge in [-0.15, -0.1) is 11.3 Å². The zero-order chi connectivity index (χ0) is 18.0. The number of rotatable bonds is 4. The number of hydrogen-bond acceptors (Lipinski definition) is 4. The minimum Gasteiger partial charge on any atom is -0.337 e. The molecule has 2 aliphatic heterocycles. The lowest BCUT2D eigenvalue weighted by atomic mass is 9.84. The summed E-state index contributed by atoms with van der Waals surface area (Å²) in [6, 6.07) is 0. The van der Waals surface area contributed by atoms with Crippen molar-refractivity contribution in [2.45, 2.75) is 83.2 Å². The van der Waals surface area contributed by atoms with Gasteiger partial charge in [0.05, 0.1) is 5.01 Å². The number of thiazole rings is 1. The fraction of sp³-hybridized carbons (Fsp3) is 0.810. The van der Waals surface area contributed by atoms with Crippen LogP contribution in [0.4, 0.5) is 0 Å². The molecule has 0 aromatic carbocycles. The van der Waals surface area contributed by atoms with Crippen molar-refractivity contribution in [1.82, 2.24) is 14.8 Å². The van der Waals surface area contributed by atoms with Gasteiger partial charge in [-0.3, -0.25) is 9.69 Å². The van der Waals surface area contributed by atoms with E-state index in [4.69, 9.17) is 0 Å². The number of carbonyl (C=O) groups excluding carboxylic acids is 1. The van der Waals surface area contributed by atoms with Crippen molar-refractivity contribution in [2.24, 2.45) is 5.92 Å². The maximum Gasteiger partial charge on any atom is 0.223 e. The van der Waals surface area contributed by atoms with Gasteiger partial charge in [0.15, 0.2) is 0 Å². The number of aromatic nitrogens is 1. The fourth-order valence-corrected chi connectivity index (χ4v) is 6.25. The molecule has 3 heterocycles. The van der Waals surface area contributed by atoms with Crippen LogP contribution >= 0.6 is 11.3 Å². The second-order valence-corrected chi connectivity index (χ2v) is 10.0. The van der Waals surface area contributed by atoms with Crippen molar-refractivity contribution >= 4 is 17.2 Å². The molecule has 4 nitrogen and oxygen atoms in total. The van der Waals surface area contributed by atoms with Crippen molar-refractivity contribution in [3.05, 3.63) is 16.1 Å². The highest BCUT2D eigenvalue weighted by atomic mass is 32.1. The Balaban J connectivity index is 1.40. The Bertz CT molecular complexity index is 625. The highest BCUT2D eigenvalue weighted by molar-refractivity contribution is 7.11. The standard InChI is InChI=1S/C21H33N3OS/c1-17-22-14-19(26-17)16-23-12-5-9-21(11-13-23)10-8-20(25)24(21)15-18-6-3-2-4-7-18/h14,18H,2-13,15-16H2,1H3/t21-/m0/s1. The third-order valence-corrected chi connectivity index (χ3v) is 7.80. The molecule has 5 heteroatoms. The largest absolute Gasteiger partial charge is 0.337 e. The molecule has 144 valence electrons. The van der Waals surface area contributed by atoms with Gasteiger partial charge in [-0.25, -0.2) is 4.98 Å². The van der Waals surface area contributed by atoms with Crippen LogP contribution in [-0.4, -0.2) is 45.9 Å². The Morgan fingerprint density at radius 1 is 1.15 bits per heavy atom. The van der Waals surface area contributed by atoms with E-state index in [1.807, 2.05) is 17.5 Å². The van der Waals surface area contributed by atoms with E-state index < -0.39 is 0 Å². The van der Waals surface area contributed by atoms with Crippen LogP contribution in [0.1, 0.15) is 74.1 Å². The topological polar surface area (TPSA) is 36.4 Å². The molecule has 0 bridgehead atoms. The molecule has 1 aliphatic carbocycles. The smallest absolute Gasteiger partial charge is 0.223 e. The summed E-state index contributed by atoms with van der Waals surface area (Å²) in [4.78, 5) is 23.4. The molecule has 1 spiro atoms. The van der Waals surface area contributed by atoms with Crippen molar-refractivity contribution in [3.8, 4) is 0 Å². The summed E-state index contributed by atoms with van der Waals surface area (Å²) in [5, 5.41) is 1.16. The second kappa shape index (κ2) is 7.97. The first-order chi connectivity index (χ1) is 12.6. The highest BCUT2D eigenvalue weighted by Crippen LogP contribution is 2.41. The van der Waals surface area contributed by atoms with Crippen LogP contribution in [0.2, 0.25) is 0 Å². The number of amides is 1. The third-order valence-electron chi connectivity index (χ3n) is 6.90. The molecule has 26 heavy (non-hydrogen) atoms. The molecule has 0 radical (unpaired) electrons. The van der Waals surface area contributed by atoms with Crippen LogP contribution in [-0.2, 0) is 11.3 Å². The molecule has 4 rings (SSSR count). The van der Waals surface area contributed by atoms with E-state index >= 15 is 0 Å². The van der Waals surface area contributed by atoms with Crippen molar-refractivity contribution in [1.29, 1.82) is 0 Å². The molecule has 1 amide bonds. The van der Waals surface area contributed by atoms with Gasteiger partial charge in [0.2, 0.25) is 5.91 Å². The first-order valence-electron chi connectivity index (χ1n) is 10.6. The minimum atomic E-state index is 0.160. The van der Waals surface area contributed by atoms with E-state index in [1.54, 1.807) is 0 Å². The SMILES string of the molecule is Cc1ncc(CN2CCC[C@]3(CCC(=O)N3CC3CCCCC3)CC2)s1.